The minimum absolute atomic E-state index is 0.716. The van der Waals surface area contributed by atoms with E-state index in [2.05, 4.69) is 52.3 Å². The smallest absolute Gasteiger partial charge is 0.160 e. The molecule has 3 rings (SSSR count). The van der Waals surface area contributed by atoms with E-state index >= 15 is 0 Å². The molecular formula is C18H18B3BrO2. The molecule has 1 aliphatic carbocycles. The molecular weight excluding hydrogens is 361 g/mol. The Morgan fingerprint density at radius 1 is 0.833 bits per heavy atom. The van der Waals surface area contributed by atoms with Gasteiger partial charge in [-0.1, -0.05) is 82.1 Å². The van der Waals surface area contributed by atoms with Crippen LogP contribution in [-0.4, -0.2) is 43.7 Å². The van der Waals surface area contributed by atoms with Gasteiger partial charge in [-0.15, -0.1) is 0 Å². The zero-order chi connectivity index (χ0) is 17.5. The molecule has 0 aromatic heterocycles. The first-order valence-corrected chi connectivity index (χ1v) is 8.74. The number of hydrogen-bond acceptors (Lipinski definition) is 2. The third-order valence-corrected chi connectivity index (χ3v) is 5.67. The van der Waals surface area contributed by atoms with Crippen molar-refractivity contribution in [3.05, 3.63) is 76.3 Å². The van der Waals surface area contributed by atoms with E-state index in [0.717, 1.165) is 27.8 Å². The summed E-state index contributed by atoms with van der Waals surface area (Å²) in [6, 6.07) is 16.2. The minimum Gasteiger partial charge on any atom is -0.393 e. The first-order chi connectivity index (χ1) is 11.2. The van der Waals surface area contributed by atoms with Crippen molar-refractivity contribution in [3.63, 3.8) is 0 Å². The lowest BCUT2D eigenvalue weighted by Gasteiger charge is -2.38. The van der Waals surface area contributed by atoms with E-state index < -0.39 is 9.91 Å². The molecule has 0 heterocycles. The van der Waals surface area contributed by atoms with E-state index in [4.69, 9.17) is 0 Å². The van der Waals surface area contributed by atoms with Gasteiger partial charge in [-0.05, 0) is 27.8 Å². The van der Waals surface area contributed by atoms with Crippen LogP contribution in [-0.2, 0) is 0 Å². The average Bonchev–Trinajstić information content (AvgIpc) is 2.70. The Bertz CT molecular complexity index is 800. The van der Waals surface area contributed by atoms with E-state index in [1.807, 2.05) is 32.1 Å². The summed E-state index contributed by atoms with van der Waals surface area (Å²) in [6.07, 6.45) is 4.19. The van der Waals surface area contributed by atoms with Gasteiger partial charge in [0.15, 0.2) is 15.7 Å². The van der Waals surface area contributed by atoms with Crippen molar-refractivity contribution in [2.75, 3.05) is 0 Å². The fourth-order valence-electron chi connectivity index (χ4n) is 3.05. The lowest BCUT2D eigenvalue weighted by Crippen LogP contribution is -2.53. The molecule has 2 nitrogen and oxygen atoms in total. The fourth-order valence-corrected chi connectivity index (χ4v) is 3.35. The SMILES string of the molecule is BC(=C1c2ccccc2C=Cc2ccccc21)C(B)(O)C(B)(O)Br. The van der Waals surface area contributed by atoms with E-state index in [0.29, 0.717) is 5.47 Å². The zero-order valence-corrected chi connectivity index (χ0v) is 15.6. The van der Waals surface area contributed by atoms with Gasteiger partial charge < -0.3 is 10.2 Å². The molecule has 6 heteroatoms. The van der Waals surface area contributed by atoms with E-state index in [1.54, 1.807) is 15.7 Å². The summed E-state index contributed by atoms with van der Waals surface area (Å²) in [5.74, 6) is 0. The van der Waals surface area contributed by atoms with Crippen molar-refractivity contribution >= 4 is 57.2 Å². The molecule has 2 aromatic rings. The molecule has 2 atom stereocenters. The van der Waals surface area contributed by atoms with Gasteiger partial charge in [0.2, 0.25) is 0 Å². The summed E-state index contributed by atoms with van der Waals surface area (Å²) in [4.78, 5) is 0. The molecule has 0 radical (unpaired) electrons. The van der Waals surface area contributed by atoms with Crippen molar-refractivity contribution in [1.82, 2.24) is 0 Å². The van der Waals surface area contributed by atoms with Crippen molar-refractivity contribution < 1.29 is 10.2 Å². The predicted octanol–water partition coefficient (Wildman–Crippen LogP) is 0.559. The summed E-state index contributed by atoms with van der Waals surface area (Å²) in [6.45, 7) is 0. The van der Waals surface area contributed by atoms with Gasteiger partial charge in [0.05, 0.1) is 5.50 Å². The quantitative estimate of drug-likeness (QED) is 0.505. The van der Waals surface area contributed by atoms with Crippen LogP contribution >= 0.6 is 15.9 Å². The summed E-state index contributed by atoms with van der Waals surface area (Å²) >= 11 is 3.22. The highest BCUT2D eigenvalue weighted by atomic mass is 79.9. The van der Waals surface area contributed by atoms with Gasteiger partial charge in [-0.3, -0.25) is 0 Å². The van der Waals surface area contributed by atoms with Gasteiger partial charge in [0, 0.05) is 0 Å². The van der Waals surface area contributed by atoms with Crippen LogP contribution in [0.15, 0.2) is 54.0 Å². The summed E-state index contributed by atoms with van der Waals surface area (Å²) in [5, 5.41) is 21.5. The van der Waals surface area contributed by atoms with Gasteiger partial charge in [0.1, 0.15) is 12.3 Å². The molecule has 2 N–H and O–H groups in total. The number of fused-ring (bicyclic) bond motifs is 2. The number of halogens is 1. The first-order valence-electron chi connectivity index (χ1n) is 7.95. The van der Waals surface area contributed by atoms with Crippen LogP contribution in [0.1, 0.15) is 22.3 Å². The molecule has 0 amide bonds. The second-order valence-electron chi connectivity index (χ2n) is 6.53. The van der Waals surface area contributed by atoms with Crippen LogP contribution in [0.4, 0.5) is 0 Å². The van der Waals surface area contributed by atoms with Crippen molar-refractivity contribution in [3.8, 4) is 0 Å². The van der Waals surface area contributed by atoms with Crippen LogP contribution in [0.2, 0.25) is 0 Å². The third kappa shape index (κ3) is 2.83. The molecule has 0 fully saturated rings. The maximum atomic E-state index is 11.0. The average molecular weight is 379 g/mol. The Hall–Kier alpha value is -1.49. The van der Waals surface area contributed by atoms with E-state index in [-0.39, 0.29) is 0 Å². The predicted molar refractivity (Wildman–Crippen MR) is 112 cm³/mol. The Morgan fingerprint density at radius 3 is 1.67 bits per heavy atom. The number of aliphatic hydroxyl groups is 2. The Morgan fingerprint density at radius 2 is 1.25 bits per heavy atom. The Kier molecular flexibility index (Phi) is 4.41. The monoisotopic (exact) mass is 378 g/mol. The first kappa shape index (κ1) is 17.3. The second kappa shape index (κ2) is 6.10. The molecule has 1 aliphatic rings. The summed E-state index contributed by atoms with van der Waals surface area (Å²) < 4.78 is -1.44. The van der Waals surface area contributed by atoms with Crippen LogP contribution in [0, 0.1) is 0 Å². The van der Waals surface area contributed by atoms with Crippen LogP contribution < -0.4 is 0 Å². The molecule has 0 bridgehead atoms. The Labute approximate surface area is 153 Å². The molecule has 24 heavy (non-hydrogen) atoms. The molecule has 0 saturated heterocycles. The lowest BCUT2D eigenvalue weighted by molar-refractivity contribution is 0.0481. The molecule has 0 saturated carbocycles. The highest BCUT2D eigenvalue weighted by molar-refractivity contribution is 9.10. The normalized spacial score (nSPS) is 17.9. The lowest BCUT2D eigenvalue weighted by atomic mass is 9.57. The highest BCUT2D eigenvalue weighted by Gasteiger charge is 2.41. The van der Waals surface area contributed by atoms with Crippen molar-refractivity contribution in [2.24, 2.45) is 0 Å². The number of benzene rings is 2. The van der Waals surface area contributed by atoms with Gasteiger partial charge in [-0.25, -0.2) is 0 Å². The molecule has 0 spiro atoms. The third-order valence-electron chi connectivity index (χ3n) is 4.90. The number of hydrogen-bond donors (Lipinski definition) is 2. The maximum Gasteiger partial charge on any atom is 0.160 e. The maximum absolute atomic E-state index is 11.0. The largest absolute Gasteiger partial charge is 0.393 e. The van der Waals surface area contributed by atoms with Crippen molar-refractivity contribution in [2.45, 2.75) is 9.91 Å². The summed E-state index contributed by atoms with van der Waals surface area (Å²) in [5.41, 5.74) is 4.51. The zero-order valence-electron chi connectivity index (χ0n) is 14.0. The van der Waals surface area contributed by atoms with Crippen LogP contribution in [0.25, 0.3) is 17.7 Å². The van der Waals surface area contributed by atoms with Crippen LogP contribution in [0.3, 0.4) is 0 Å². The van der Waals surface area contributed by atoms with Gasteiger partial charge >= 0.3 is 0 Å². The summed E-state index contributed by atoms with van der Waals surface area (Å²) in [7, 11) is 5.07. The minimum atomic E-state index is -1.44. The fraction of sp³-hybridized carbons (Fsp3) is 0.111. The number of rotatable bonds is 2. The van der Waals surface area contributed by atoms with Gasteiger partial charge in [-0.2, -0.15) is 0 Å². The van der Waals surface area contributed by atoms with E-state index in [9.17, 15) is 10.2 Å². The highest BCUT2D eigenvalue weighted by Crippen LogP contribution is 2.40. The van der Waals surface area contributed by atoms with Crippen molar-refractivity contribution in [1.29, 1.82) is 0 Å². The Balaban J connectivity index is 2.39. The second-order valence-corrected chi connectivity index (χ2v) is 8.08. The van der Waals surface area contributed by atoms with E-state index in [1.165, 1.54) is 0 Å². The van der Waals surface area contributed by atoms with Crippen LogP contribution in [0.5, 0.6) is 0 Å². The van der Waals surface area contributed by atoms with Gasteiger partial charge in [0.25, 0.3) is 0 Å². The molecule has 0 aliphatic heterocycles. The number of alkyl halides is 1. The molecule has 2 aromatic carbocycles. The molecule has 2 unspecified atom stereocenters. The topological polar surface area (TPSA) is 40.5 Å². The molecule has 118 valence electrons. The standard InChI is InChI=1S/C18H18B3BrO2/c19-16(17(20,23)18(21,22)24)15-13-7-3-1-5-11(13)9-10-12-6-2-4-8-14(12)15/h1-10,23-24H,19-21H2.